The van der Waals surface area contributed by atoms with Crippen molar-refractivity contribution in [2.75, 3.05) is 5.75 Å². The first kappa shape index (κ1) is 14.5. The van der Waals surface area contributed by atoms with Crippen LogP contribution >= 0.6 is 12.6 Å². The van der Waals surface area contributed by atoms with Gasteiger partial charge in [0.25, 0.3) is 0 Å². The van der Waals surface area contributed by atoms with E-state index in [1.807, 2.05) is 49.4 Å². The van der Waals surface area contributed by atoms with Crippen LogP contribution in [0.3, 0.4) is 0 Å². The first-order chi connectivity index (χ1) is 8.63. The quantitative estimate of drug-likeness (QED) is 0.634. The fraction of sp³-hybridized carbons (Fsp3) is 0.188. The molecule has 0 N–H and O–H groups in total. The highest BCUT2D eigenvalue weighted by Gasteiger charge is 2.01. The van der Waals surface area contributed by atoms with Crippen LogP contribution in [0, 0.1) is 13.8 Å². The van der Waals surface area contributed by atoms with E-state index in [2.05, 4.69) is 31.7 Å². The summed E-state index contributed by atoms with van der Waals surface area (Å²) in [5.41, 5.74) is 3.18. The normalized spacial score (nSPS) is 9.28. The van der Waals surface area contributed by atoms with Crippen LogP contribution in [-0.2, 0) is 0 Å². The van der Waals surface area contributed by atoms with Gasteiger partial charge in [-0.05, 0) is 19.9 Å². The lowest BCUT2D eigenvalue weighted by molar-refractivity contribution is 0.102. The number of hydrogen-bond donors (Lipinski definition) is 1. The molecule has 0 fully saturated rings. The Morgan fingerprint density at radius 2 is 1.56 bits per heavy atom. The Bertz CT molecular complexity index is 491. The molecule has 0 unspecified atom stereocenters. The predicted molar refractivity (Wildman–Crippen MR) is 80.5 cm³/mol. The number of carbonyl (C=O) groups is 1. The summed E-state index contributed by atoms with van der Waals surface area (Å²) in [6.07, 6.45) is 0. The summed E-state index contributed by atoms with van der Waals surface area (Å²) in [5, 5.41) is 0. The topological polar surface area (TPSA) is 17.1 Å². The summed E-state index contributed by atoms with van der Waals surface area (Å²) in [6.45, 7) is 4.05. The van der Waals surface area contributed by atoms with Crippen LogP contribution in [0.15, 0.2) is 54.6 Å². The van der Waals surface area contributed by atoms with Gasteiger partial charge in [0.05, 0.1) is 5.75 Å². The van der Waals surface area contributed by atoms with E-state index in [0.29, 0.717) is 0 Å². The van der Waals surface area contributed by atoms with Gasteiger partial charge in [-0.1, -0.05) is 59.7 Å². The third kappa shape index (κ3) is 5.19. The van der Waals surface area contributed by atoms with E-state index >= 15 is 0 Å². The average Bonchev–Trinajstić information content (AvgIpc) is 2.39. The summed E-state index contributed by atoms with van der Waals surface area (Å²) in [4.78, 5) is 11.1. The molecule has 0 aliphatic carbocycles. The van der Waals surface area contributed by atoms with Crippen LogP contribution in [0.5, 0.6) is 0 Å². The molecule has 1 nitrogen and oxygen atoms in total. The molecule has 0 saturated heterocycles. The minimum atomic E-state index is 0.0806. The summed E-state index contributed by atoms with van der Waals surface area (Å²) >= 11 is 3.91. The molecule has 2 rings (SSSR count). The van der Waals surface area contributed by atoms with Crippen molar-refractivity contribution in [2.45, 2.75) is 13.8 Å². The molecule has 94 valence electrons. The van der Waals surface area contributed by atoms with E-state index in [4.69, 9.17) is 0 Å². The Labute approximate surface area is 114 Å². The van der Waals surface area contributed by atoms with Crippen molar-refractivity contribution < 1.29 is 4.79 Å². The van der Waals surface area contributed by atoms with Gasteiger partial charge in [0.15, 0.2) is 5.78 Å². The molecule has 0 atom stereocenters. The number of hydrogen-bond acceptors (Lipinski definition) is 2. The Morgan fingerprint density at radius 1 is 0.944 bits per heavy atom. The number of aryl methyl sites for hydroxylation is 2. The second-order valence-electron chi connectivity index (χ2n) is 4.11. The summed E-state index contributed by atoms with van der Waals surface area (Å²) in [5.74, 6) is 0.362. The largest absolute Gasteiger partial charge is 0.293 e. The molecule has 0 amide bonds. The smallest absolute Gasteiger partial charge is 0.172 e. The van der Waals surface area contributed by atoms with Crippen molar-refractivity contribution in [1.82, 2.24) is 0 Å². The molecule has 0 saturated carbocycles. The number of Topliss-reactive ketones (excluding diaryl/α,β-unsaturated/α-hetero) is 1. The Morgan fingerprint density at radius 3 is 2.00 bits per heavy atom. The second kappa shape index (κ2) is 7.72. The molecule has 0 bridgehead atoms. The number of ketones is 1. The molecule has 0 aliphatic rings. The average molecular weight is 258 g/mol. The standard InChI is InChI=1S/C9H10OS.C7H8/c1-7-3-2-4-8(5-7)9(10)6-11;1-7-5-3-2-4-6-7/h2-5,11H,6H2,1H3;2-6H,1H3. The molecule has 2 aromatic carbocycles. The molecule has 0 heterocycles. The highest BCUT2D eigenvalue weighted by atomic mass is 32.1. The summed E-state index contributed by atoms with van der Waals surface area (Å²) in [6, 6.07) is 17.8. The van der Waals surface area contributed by atoms with Crippen molar-refractivity contribution in [3.8, 4) is 0 Å². The molecular formula is C16H18OS. The Kier molecular flexibility index (Phi) is 6.23. The van der Waals surface area contributed by atoms with Gasteiger partial charge in [-0.15, -0.1) is 0 Å². The number of carbonyl (C=O) groups excluding carboxylic acids is 1. The van der Waals surface area contributed by atoms with Crippen LogP contribution in [0.25, 0.3) is 0 Å². The minimum absolute atomic E-state index is 0.0806. The molecular weight excluding hydrogens is 240 g/mol. The lowest BCUT2D eigenvalue weighted by Gasteiger charge is -1.97. The number of benzene rings is 2. The Balaban J connectivity index is 0.000000199. The van der Waals surface area contributed by atoms with E-state index in [1.54, 1.807) is 0 Å². The van der Waals surface area contributed by atoms with Crippen molar-refractivity contribution in [3.63, 3.8) is 0 Å². The lowest BCUT2D eigenvalue weighted by atomic mass is 10.1. The third-order valence-electron chi connectivity index (χ3n) is 2.42. The van der Waals surface area contributed by atoms with Crippen LogP contribution in [-0.4, -0.2) is 11.5 Å². The fourth-order valence-electron chi connectivity index (χ4n) is 1.44. The van der Waals surface area contributed by atoms with Gasteiger partial charge in [-0.3, -0.25) is 4.79 Å². The summed E-state index contributed by atoms with van der Waals surface area (Å²) < 4.78 is 0. The zero-order valence-electron chi connectivity index (χ0n) is 10.8. The summed E-state index contributed by atoms with van der Waals surface area (Å²) in [7, 11) is 0. The van der Waals surface area contributed by atoms with Crippen LogP contribution < -0.4 is 0 Å². The van der Waals surface area contributed by atoms with Crippen molar-refractivity contribution in [1.29, 1.82) is 0 Å². The first-order valence-corrected chi connectivity index (χ1v) is 6.49. The van der Waals surface area contributed by atoms with Gasteiger partial charge in [0, 0.05) is 5.56 Å². The molecule has 18 heavy (non-hydrogen) atoms. The van der Waals surface area contributed by atoms with Crippen molar-refractivity contribution in [2.24, 2.45) is 0 Å². The second-order valence-corrected chi connectivity index (χ2v) is 4.42. The molecule has 0 radical (unpaired) electrons. The van der Waals surface area contributed by atoms with Crippen LogP contribution in [0.2, 0.25) is 0 Å². The molecule has 0 spiro atoms. The maximum atomic E-state index is 11.1. The zero-order chi connectivity index (χ0) is 13.4. The minimum Gasteiger partial charge on any atom is -0.293 e. The van der Waals surface area contributed by atoms with Crippen LogP contribution in [0.4, 0.5) is 0 Å². The van der Waals surface area contributed by atoms with Gasteiger partial charge in [-0.2, -0.15) is 12.6 Å². The maximum Gasteiger partial charge on any atom is 0.172 e. The molecule has 0 aliphatic heterocycles. The van der Waals surface area contributed by atoms with Gasteiger partial charge in [-0.25, -0.2) is 0 Å². The van der Waals surface area contributed by atoms with Gasteiger partial charge in [0.1, 0.15) is 0 Å². The van der Waals surface area contributed by atoms with E-state index in [9.17, 15) is 4.79 Å². The van der Waals surface area contributed by atoms with Gasteiger partial charge >= 0.3 is 0 Å². The number of thiol groups is 1. The molecule has 0 aromatic heterocycles. The van der Waals surface area contributed by atoms with E-state index in [0.717, 1.165) is 11.1 Å². The SMILES string of the molecule is Cc1cccc(C(=O)CS)c1.Cc1ccccc1. The maximum absolute atomic E-state index is 11.1. The highest BCUT2D eigenvalue weighted by molar-refractivity contribution is 7.81. The molecule has 2 heteroatoms. The monoisotopic (exact) mass is 258 g/mol. The Hall–Kier alpha value is -1.54. The first-order valence-electron chi connectivity index (χ1n) is 5.86. The van der Waals surface area contributed by atoms with Crippen molar-refractivity contribution >= 4 is 18.4 Å². The zero-order valence-corrected chi connectivity index (χ0v) is 11.7. The van der Waals surface area contributed by atoms with E-state index in [1.165, 1.54) is 5.56 Å². The van der Waals surface area contributed by atoms with Gasteiger partial charge in [0.2, 0.25) is 0 Å². The van der Waals surface area contributed by atoms with E-state index < -0.39 is 0 Å². The number of rotatable bonds is 2. The lowest BCUT2D eigenvalue weighted by Crippen LogP contribution is -1.99. The fourth-order valence-corrected chi connectivity index (χ4v) is 1.63. The third-order valence-corrected chi connectivity index (χ3v) is 2.71. The van der Waals surface area contributed by atoms with Gasteiger partial charge < -0.3 is 0 Å². The molecule has 2 aromatic rings. The predicted octanol–water partition coefficient (Wildman–Crippen LogP) is 4.10. The van der Waals surface area contributed by atoms with Crippen LogP contribution in [0.1, 0.15) is 21.5 Å². The van der Waals surface area contributed by atoms with Crippen molar-refractivity contribution in [3.05, 3.63) is 71.3 Å². The van der Waals surface area contributed by atoms with E-state index in [-0.39, 0.29) is 11.5 Å². The highest BCUT2D eigenvalue weighted by Crippen LogP contribution is 2.05.